The lowest BCUT2D eigenvalue weighted by Gasteiger charge is -2.03. The lowest BCUT2D eigenvalue weighted by Crippen LogP contribution is -2.12. The van der Waals surface area contributed by atoms with Crippen LogP contribution in [0.4, 0.5) is 10.8 Å². The molecule has 0 radical (unpaired) electrons. The number of aromatic nitrogens is 2. The zero-order chi connectivity index (χ0) is 14.0. The van der Waals surface area contributed by atoms with E-state index in [1.165, 1.54) is 23.5 Å². The van der Waals surface area contributed by atoms with Gasteiger partial charge in [-0.15, -0.1) is 10.2 Å². The van der Waals surface area contributed by atoms with E-state index in [4.69, 9.17) is 11.6 Å². The van der Waals surface area contributed by atoms with Crippen LogP contribution in [0.15, 0.2) is 18.2 Å². The Morgan fingerprint density at radius 2 is 2.21 bits per heavy atom. The maximum Gasteiger partial charge on any atom is 0.270 e. The number of nitrogens with zero attached hydrogens (tertiary/aromatic N) is 3. The number of aryl methyl sites for hydroxylation is 1. The van der Waals surface area contributed by atoms with Gasteiger partial charge >= 0.3 is 0 Å². The van der Waals surface area contributed by atoms with E-state index in [1.807, 2.05) is 0 Å². The fourth-order valence-corrected chi connectivity index (χ4v) is 2.16. The molecule has 0 saturated carbocycles. The summed E-state index contributed by atoms with van der Waals surface area (Å²) in [7, 11) is 0. The summed E-state index contributed by atoms with van der Waals surface area (Å²) in [5.74, 6) is -0.490. The van der Waals surface area contributed by atoms with Crippen molar-refractivity contribution in [3.8, 4) is 0 Å². The van der Waals surface area contributed by atoms with Gasteiger partial charge in [0, 0.05) is 12.1 Å². The summed E-state index contributed by atoms with van der Waals surface area (Å²) in [5, 5.41) is 21.6. The number of amides is 1. The van der Waals surface area contributed by atoms with E-state index in [-0.39, 0.29) is 16.3 Å². The van der Waals surface area contributed by atoms with Crippen LogP contribution < -0.4 is 5.32 Å². The van der Waals surface area contributed by atoms with Crippen molar-refractivity contribution < 1.29 is 9.72 Å². The molecule has 0 aliphatic rings. The number of anilines is 1. The van der Waals surface area contributed by atoms with Gasteiger partial charge in [0.1, 0.15) is 5.01 Å². The molecule has 0 atom stereocenters. The third kappa shape index (κ3) is 3.04. The molecule has 0 unspecified atom stereocenters. The van der Waals surface area contributed by atoms with Crippen molar-refractivity contribution >= 4 is 39.7 Å². The monoisotopic (exact) mass is 298 g/mol. The van der Waals surface area contributed by atoms with Crippen LogP contribution in [0.25, 0.3) is 0 Å². The number of rotatable bonds is 3. The van der Waals surface area contributed by atoms with Crippen LogP contribution in [0.1, 0.15) is 15.4 Å². The Balaban J connectivity index is 2.22. The summed E-state index contributed by atoms with van der Waals surface area (Å²) < 4.78 is 0. The third-order valence-corrected chi connectivity index (χ3v) is 3.22. The zero-order valence-electron chi connectivity index (χ0n) is 9.58. The van der Waals surface area contributed by atoms with Crippen molar-refractivity contribution in [1.82, 2.24) is 10.2 Å². The predicted octanol–water partition coefficient (Wildman–Crippen LogP) is 2.66. The van der Waals surface area contributed by atoms with Gasteiger partial charge in [-0.3, -0.25) is 20.2 Å². The van der Waals surface area contributed by atoms with Crippen molar-refractivity contribution in [2.75, 3.05) is 5.32 Å². The maximum absolute atomic E-state index is 11.9. The molecular weight excluding hydrogens is 292 g/mol. The molecule has 9 heteroatoms. The van der Waals surface area contributed by atoms with Crippen molar-refractivity contribution in [2.24, 2.45) is 0 Å². The molecule has 0 aliphatic carbocycles. The highest BCUT2D eigenvalue weighted by Crippen LogP contribution is 2.24. The van der Waals surface area contributed by atoms with E-state index in [0.29, 0.717) is 10.1 Å². The molecular formula is C10H7ClN4O3S. The molecule has 1 heterocycles. The second-order valence-electron chi connectivity index (χ2n) is 3.50. The van der Waals surface area contributed by atoms with Gasteiger partial charge < -0.3 is 0 Å². The second kappa shape index (κ2) is 5.29. The molecule has 2 aromatic rings. The summed E-state index contributed by atoms with van der Waals surface area (Å²) in [4.78, 5) is 21.9. The third-order valence-electron chi connectivity index (χ3n) is 2.15. The smallest absolute Gasteiger partial charge is 0.270 e. The van der Waals surface area contributed by atoms with E-state index in [9.17, 15) is 14.9 Å². The zero-order valence-corrected chi connectivity index (χ0v) is 11.2. The number of halogens is 1. The summed E-state index contributed by atoms with van der Waals surface area (Å²) >= 11 is 7.06. The molecule has 1 N–H and O–H groups in total. The van der Waals surface area contributed by atoms with Gasteiger partial charge in [0.05, 0.1) is 15.5 Å². The summed E-state index contributed by atoms with van der Waals surface area (Å²) in [6.45, 7) is 1.76. The number of nitro benzene ring substituents is 1. The normalized spacial score (nSPS) is 10.2. The first-order valence-corrected chi connectivity index (χ1v) is 6.22. The molecule has 1 aromatic carbocycles. The minimum Gasteiger partial charge on any atom is -0.296 e. The Hall–Kier alpha value is -2.06. The molecule has 1 aromatic heterocycles. The Kier molecular flexibility index (Phi) is 3.72. The average Bonchev–Trinajstić information content (AvgIpc) is 2.74. The van der Waals surface area contributed by atoms with Crippen molar-refractivity contribution in [3.05, 3.63) is 43.9 Å². The van der Waals surface area contributed by atoms with Crippen molar-refractivity contribution in [2.45, 2.75) is 6.92 Å². The van der Waals surface area contributed by atoms with E-state index in [2.05, 4.69) is 15.5 Å². The lowest BCUT2D eigenvalue weighted by atomic mass is 10.2. The van der Waals surface area contributed by atoms with Gasteiger partial charge in [-0.05, 0) is 13.0 Å². The first-order chi connectivity index (χ1) is 8.97. The quantitative estimate of drug-likeness (QED) is 0.694. The number of nitrogens with one attached hydrogen (secondary N) is 1. The van der Waals surface area contributed by atoms with Crippen LogP contribution in [-0.4, -0.2) is 21.0 Å². The van der Waals surface area contributed by atoms with Gasteiger partial charge in [-0.1, -0.05) is 22.9 Å². The molecule has 0 fully saturated rings. The number of hydrogen-bond acceptors (Lipinski definition) is 6. The number of non-ortho nitro benzene ring substituents is 1. The maximum atomic E-state index is 11.9. The summed E-state index contributed by atoms with van der Waals surface area (Å²) in [6, 6.07) is 3.64. The van der Waals surface area contributed by atoms with Crippen molar-refractivity contribution in [3.63, 3.8) is 0 Å². The van der Waals surface area contributed by atoms with Gasteiger partial charge in [0.25, 0.3) is 11.6 Å². The van der Waals surface area contributed by atoms with Gasteiger partial charge in [-0.25, -0.2) is 0 Å². The molecule has 2 rings (SSSR count). The number of carbonyl (C=O) groups excluding carboxylic acids is 1. The Labute approximate surface area is 116 Å². The van der Waals surface area contributed by atoms with E-state index >= 15 is 0 Å². The van der Waals surface area contributed by atoms with Crippen LogP contribution in [-0.2, 0) is 0 Å². The molecule has 7 nitrogen and oxygen atoms in total. The molecule has 98 valence electrons. The Morgan fingerprint density at radius 1 is 1.47 bits per heavy atom. The molecule has 0 bridgehead atoms. The van der Waals surface area contributed by atoms with E-state index in [0.717, 1.165) is 6.07 Å². The summed E-state index contributed by atoms with van der Waals surface area (Å²) in [6.07, 6.45) is 0. The van der Waals surface area contributed by atoms with Crippen LogP contribution in [0, 0.1) is 17.0 Å². The molecule has 0 spiro atoms. The highest BCUT2D eigenvalue weighted by molar-refractivity contribution is 7.15. The van der Waals surface area contributed by atoms with E-state index < -0.39 is 10.8 Å². The fraction of sp³-hybridized carbons (Fsp3) is 0.100. The minimum absolute atomic E-state index is 0.00735. The fourth-order valence-electron chi connectivity index (χ4n) is 1.31. The molecule has 1 amide bonds. The average molecular weight is 299 g/mol. The Bertz CT molecular complexity index is 658. The number of benzene rings is 1. The Morgan fingerprint density at radius 3 is 2.74 bits per heavy atom. The lowest BCUT2D eigenvalue weighted by molar-refractivity contribution is -0.384. The molecule has 0 aliphatic heterocycles. The van der Waals surface area contributed by atoms with Gasteiger partial charge in [-0.2, -0.15) is 0 Å². The largest absolute Gasteiger partial charge is 0.296 e. The summed E-state index contributed by atoms with van der Waals surface area (Å²) in [5.41, 5.74) is -0.0339. The highest BCUT2D eigenvalue weighted by Gasteiger charge is 2.16. The van der Waals surface area contributed by atoms with E-state index in [1.54, 1.807) is 6.92 Å². The van der Waals surface area contributed by atoms with Crippen LogP contribution in [0.5, 0.6) is 0 Å². The topological polar surface area (TPSA) is 98.0 Å². The number of carbonyl (C=O) groups is 1. The SMILES string of the molecule is Cc1nnc(NC(=O)c2ccc([N+](=O)[O-])cc2Cl)s1. The van der Waals surface area contributed by atoms with Crippen LogP contribution in [0.3, 0.4) is 0 Å². The predicted molar refractivity (Wildman–Crippen MR) is 70.7 cm³/mol. The standard InChI is InChI=1S/C10H7ClN4O3S/c1-5-13-14-10(19-5)12-9(16)7-3-2-6(15(17)18)4-8(7)11/h2-4H,1H3,(H,12,14,16). The van der Waals surface area contributed by atoms with Gasteiger partial charge in [0.15, 0.2) is 0 Å². The highest BCUT2D eigenvalue weighted by atomic mass is 35.5. The first kappa shape index (κ1) is 13.4. The van der Waals surface area contributed by atoms with Gasteiger partial charge in [0.2, 0.25) is 5.13 Å². The van der Waals surface area contributed by atoms with Crippen molar-refractivity contribution in [1.29, 1.82) is 0 Å². The minimum atomic E-state index is -0.582. The molecule has 19 heavy (non-hydrogen) atoms. The van der Waals surface area contributed by atoms with Crippen LogP contribution >= 0.6 is 22.9 Å². The number of nitro groups is 1. The molecule has 0 saturated heterocycles. The van der Waals surface area contributed by atoms with Crippen LogP contribution in [0.2, 0.25) is 5.02 Å². The second-order valence-corrected chi connectivity index (χ2v) is 5.09. The first-order valence-electron chi connectivity index (χ1n) is 5.03. The number of hydrogen-bond donors (Lipinski definition) is 1.